The van der Waals surface area contributed by atoms with Crippen molar-refractivity contribution in [3.05, 3.63) is 30.5 Å². The minimum absolute atomic E-state index is 0.244. The maximum absolute atomic E-state index is 11.9. The summed E-state index contributed by atoms with van der Waals surface area (Å²) in [4.78, 5) is 19.9. The van der Waals surface area contributed by atoms with E-state index in [9.17, 15) is 13.2 Å². The van der Waals surface area contributed by atoms with Crippen LogP contribution < -0.4 is 5.32 Å². The number of fused-ring (bicyclic) bond motifs is 1. The van der Waals surface area contributed by atoms with Crippen molar-refractivity contribution >= 4 is 32.7 Å². The molecule has 0 aliphatic rings. The van der Waals surface area contributed by atoms with Gasteiger partial charge < -0.3 is 4.74 Å². The first-order valence-electron chi connectivity index (χ1n) is 8.44. The van der Waals surface area contributed by atoms with E-state index < -0.39 is 21.5 Å². The second kappa shape index (κ2) is 6.86. The van der Waals surface area contributed by atoms with Crippen LogP contribution in [-0.2, 0) is 21.6 Å². The number of carbonyl (C=O) groups is 1. The van der Waals surface area contributed by atoms with Gasteiger partial charge in [-0.1, -0.05) is 12.1 Å². The predicted octanol–water partition coefficient (Wildman–Crippen LogP) is 2.78. The van der Waals surface area contributed by atoms with Crippen molar-refractivity contribution in [1.29, 1.82) is 0 Å². The Morgan fingerprint density at radius 2 is 1.82 bits per heavy atom. The van der Waals surface area contributed by atoms with Gasteiger partial charge in [0, 0.05) is 30.8 Å². The summed E-state index contributed by atoms with van der Waals surface area (Å²) >= 11 is 0. The Hall–Kier alpha value is -3.01. The molecule has 0 spiro atoms. The number of carbonyl (C=O) groups excluding carboxylic acids is 1. The molecule has 3 aromatic rings. The predicted molar refractivity (Wildman–Crippen MR) is 105 cm³/mol. The fourth-order valence-corrected chi connectivity index (χ4v) is 3.04. The van der Waals surface area contributed by atoms with Gasteiger partial charge in [0.05, 0.1) is 5.39 Å². The highest BCUT2D eigenvalue weighted by Gasteiger charge is 2.18. The summed E-state index contributed by atoms with van der Waals surface area (Å²) in [7, 11) is -1.83. The highest BCUT2D eigenvalue weighted by Crippen LogP contribution is 2.27. The zero-order valence-corrected chi connectivity index (χ0v) is 17.0. The number of hydrogen-bond donors (Lipinski definition) is 1. The Balaban J connectivity index is 1.90. The Kier molecular flexibility index (Phi) is 4.84. The van der Waals surface area contributed by atoms with E-state index in [4.69, 9.17) is 4.74 Å². The lowest BCUT2D eigenvalue weighted by Gasteiger charge is -2.19. The van der Waals surface area contributed by atoms with E-state index in [0.717, 1.165) is 11.8 Å². The quantitative estimate of drug-likeness (QED) is 0.668. The molecule has 9 nitrogen and oxygen atoms in total. The highest BCUT2D eigenvalue weighted by atomic mass is 32.2. The second-order valence-corrected chi connectivity index (χ2v) is 9.25. The number of nitrogens with one attached hydrogen (secondary N) is 1. The van der Waals surface area contributed by atoms with E-state index in [0.29, 0.717) is 22.4 Å². The van der Waals surface area contributed by atoms with Crippen molar-refractivity contribution in [3.63, 3.8) is 0 Å². The molecule has 28 heavy (non-hydrogen) atoms. The molecular weight excluding hydrogens is 382 g/mol. The third kappa shape index (κ3) is 4.28. The molecule has 0 aliphatic heterocycles. The highest BCUT2D eigenvalue weighted by molar-refractivity contribution is 7.90. The molecule has 1 N–H and O–H groups in total. The molecule has 0 saturated carbocycles. The minimum Gasteiger partial charge on any atom is -0.444 e. The van der Waals surface area contributed by atoms with Gasteiger partial charge in [-0.3, -0.25) is 5.32 Å². The van der Waals surface area contributed by atoms with Gasteiger partial charge in [-0.25, -0.2) is 22.9 Å². The summed E-state index contributed by atoms with van der Waals surface area (Å²) in [6.07, 6.45) is 1.97. The van der Waals surface area contributed by atoms with Gasteiger partial charge >= 0.3 is 6.09 Å². The molecule has 0 aliphatic carbocycles. The number of hydrogen-bond acceptors (Lipinski definition) is 7. The van der Waals surface area contributed by atoms with Gasteiger partial charge in [0.15, 0.2) is 5.65 Å². The minimum atomic E-state index is -3.51. The summed E-state index contributed by atoms with van der Waals surface area (Å²) in [6, 6.07) is 7.04. The van der Waals surface area contributed by atoms with Crippen LogP contribution in [0.15, 0.2) is 35.6 Å². The van der Waals surface area contributed by atoms with Crippen molar-refractivity contribution in [2.24, 2.45) is 7.05 Å². The first-order chi connectivity index (χ1) is 12.9. The topological polar surface area (TPSA) is 116 Å². The number of sulfone groups is 1. The Bertz CT molecular complexity index is 1150. The summed E-state index contributed by atoms with van der Waals surface area (Å²) in [5.74, 6) is 0. The maximum Gasteiger partial charge on any atom is 0.412 e. The SMILES string of the molecule is Cn1nc(-c2ccc(NC(=O)OC(C)(C)C)cc2)c2cnc(S(C)(=O)=O)nc21. The lowest BCUT2D eigenvalue weighted by molar-refractivity contribution is 0.0636. The van der Waals surface area contributed by atoms with E-state index in [1.54, 1.807) is 52.1 Å². The van der Waals surface area contributed by atoms with Crippen LogP contribution in [0.5, 0.6) is 0 Å². The standard InChI is InChI=1S/C18H21N5O4S/c1-18(2,3)27-17(24)20-12-8-6-11(7-9-12)14-13-10-19-16(28(5,25)26)21-15(13)23(4)22-14/h6-10H,1-5H3,(H,20,24). The number of anilines is 1. The molecule has 0 unspecified atom stereocenters. The van der Waals surface area contributed by atoms with Crippen LogP contribution in [0.3, 0.4) is 0 Å². The van der Waals surface area contributed by atoms with Crippen molar-refractivity contribution in [3.8, 4) is 11.3 Å². The lowest BCUT2D eigenvalue weighted by Crippen LogP contribution is -2.27. The van der Waals surface area contributed by atoms with E-state index in [2.05, 4.69) is 20.4 Å². The van der Waals surface area contributed by atoms with Gasteiger partial charge in [-0.15, -0.1) is 0 Å². The average Bonchev–Trinajstić information content (AvgIpc) is 2.89. The molecule has 3 rings (SSSR count). The molecule has 148 valence electrons. The van der Waals surface area contributed by atoms with Crippen molar-refractivity contribution < 1.29 is 17.9 Å². The van der Waals surface area contributed by atoms with Crippen LogP contribution in [0.4, 0.5) is 10.5 Å². The third-order valence-electron chi connectivity index (χ3n) is 3.69. The van der Waals surface area contributed by atoms with Crippen molar-refractivity contribution in [2.75, 3.05) is 11.6 Å². The number of amides is 1. The smallest absolute Gasteiger partial charge is 0.412 e. The Labute approximate surface area is 162 Å². The lowest BCUT2D eigenvalue weighted by atomic mass is 10.1. The van der Waals surface area contributed by atoms with Gasteiger partial charge in [0.2, 0.25) is 15.0 Å². The first kappa shape index (κ1) is 19.7. The molecule has 2 heterocycles. The summed E-state index contributed by atoms with van der Waals surface area (Å²) in [5.41, 5.74) is 1.80. The summed E-state index contributed by atoms with van der Waals surface area (Å²) in [5, 5.41) is 7.48. The van der Waals surface area contributed by atoms with Gasteiger partial charge in [0.25, 0.3) is 0 Å². The fraction of sp³-hybridized carbons (Fsp3) is 0.333. The largest absolute Gasteiger partial charge is 0.444 e. The van der Waals surface area contributed by atoms with E-state index >= 15 is 0 Å². The van der Waals surface area contributed by atoms with Crippen molar-refractivity contribution in [1.82, 2.24) is 19.7 Å². The zero-order chi connectivity index (χ0) is 20.7. The van der Waals surface area contributed by atoms with E-state index in [1.807, 2.05) is 0 Å². The molecule has 0 bridgehead atoms. The molecule has 10 heteroatoms. The molecule has 0 saturated heterocycles. The molecular formula is C18H21N5O4S. The number of rotatable bonds is 3. The number of aryl methyl sites for hydroxylation is 1. The molecule has 1 aromatic carbocycles. The number of nitrogens with zero attached hydrogens (tertiary/aromatic N) is 4. The van der Waals surface area contributed by atoms with Gasteiger partial charge in [0.1, 0.15) is 11.3 Å². The van der Waals surface area contributed by atoms with Gasteiger partial charge in [-0.05, 0) is 32.9 Å². The normalized spacial score (nSPS) is 12.2. The van der Waals surface area contributed by atoms with E-state index in [-0.39, 0.29) is 5.16 Å². The molecule has 0 atom stereocenters. The van der Waals surface area contributed by atoms with Crippen molar-refractivity contribution in [2.45, 2.75) is 31.5 Å². The summed E-state index contributed by atoms with van der Waals surface area (Å²) < 4.78 is 30.1. The maximum atomic E-state index is 11.9. The van der Waals surface area contributed by atoms with Crippen LogP contribution in [0.2, 0.25) is 0 Å². The molecule has 0 fully saturated rings. The monoisotopic (exact) mass is 403 g/mol. The molecule has 1 amide bonds. The van der Waals surface area contributed by atoms with Crippen LogP contribution in [0.1, 0.15) is 20.8 Å². The number of ether oxygens (including phenoxy) is 1. The number of aromatic nitrogens is 4. The van der Waals surface area contributed by atoms with Crippen LogP contribution in [-0.4, -0.2) is 46.1 Å². The number of benzene rings is 1. The Morgan fingerprint density at radius 1 is 1.18 bits per heavy atom. The second-order valence-electron chi connectivity index (χ2n) is 7.34. The van der Waals surface area contributed by atoms with E-state index in [1.165, 1.54) is 10.9 Å². The summed E-state index contributed by atoms with van der Waals surface area (Å²) in [6.45, 7) is 5.37. The zero-order valence-electron chi connectivity index (χ0n) is 16.2. The van der Waals surface area contributed by atoms with Crippen LogP contribution in [0.25, 0.3) is 22.3 Å². The molecule has 2 aromatic heterocycles. The fourth-order valence-electron chi connectivity index (χ4n) is 2.55. The average molecular weight is 403 g/mol. The third-order valence-corrected chi connectivity index (χ3v) is 4.55. The Morgan fingerprint density at radius 3 is 2.39 bits per heavy atom. The van der Waals surface area contributed by atoms with Crippen LogP contribution >= 0.6 is 0 Å². The van der Waals surface area contributed by atoms with Gasteiger partial charge in [-0.2, -0.15) is 10.1 Å². The molecule has 0 radical (unpaired) electrons. The first-order valence-corrected chi connectivity index (χ1v) is 10.3. The van der Waals surface area contributed by atoms with Crippen LogP contribution in [0, 0.1) is 0 Å².